The minimum Gasteiger partial charge on any atom is -0.338 e. The number of aromatic nitrogens is 5. The van der Waals surface area contributed by atoms with E-state index in [4.69, 9.17) is 10.1 Å². The van der Waals surface area contributed by atoms with Gasteiger partial charge in [-0.25, -0.2) is 9.50 Å². The fourth-order valence-corrected chi connectivity index (χ4v) is 2.73. The molecule has 0 saturated carbocycles. The molecule has 0 saturated heterocycles. The van der Waals surface area contributed by atoms with Gasteiger partial charge in [0.1, 0.15) is 29.0 Å². The predicted molar refractivity (Wildman–Crippen MR) is 101 cm³/mol. The highest BCUT2D eigenvalue weighted by Gasteiger charge is 2.30. The number of nitrogens with zero attached hydrogens (tertiary/aromatic N) is 7. The standard InChI is InChI=1S/C18H18N9O/c1-18(2,10-21-26-19)17-24-15(25-28-17)12-5-3-6-13(9-12)23-16-14-7-4-8-27(14)22-11-20-16/h3-9,11,19H,10H2,1-2H3,(H,20,22,23)/q+1. The van der Waals surface area contributed by atoms with Crippen molar-refractivity contribution in [2.45, 2.75) is 19.3 Å². The van der Waals surface area contributed by atoms with E-state index in [1.165, 1.54) is 6.33 Å². The Bertz CT molecular complexity index is 1170. The van der Waals surface area contributed by atoms with Gasteiger partial charge in [-0.1, -0.05) is 17.3 Å². The van der Waals surface area contributed by atoms with Crippen molar-refractivity contribution >= 4 is 17.0 Å². The molecule has 28 heavy (non-hydrogen) atoms. The third kappa shape index (κ3) is 3.36. The average molecular weight is 376 g/mol. The van der Waals surface area contributed by atoms with Gasteiger partial charge >= 0.3 is 0 Å². The average Bonchev–Trinajstić information content (AvgIpc) is 3.37. The van der Waals surface area contributed by atoms with Crippen LogP contribution in [0.25, 0.3) is 16.9 Å². The number of nitrogens with one attached hydrogen (secondary N) is 2. The van der Waals surface area contributed by atoms with E-state index in [9.17, 15) is 0 Å². The van der Waals surface area contributed by atoms with Gasteiger partial charge < -0.3 is 9.84 Å². The molecule has 10 heteroatoms. The summed E-state index contributed by atoms with van der Waals surface area (Å²) < 4.78 is 7.17. The molecule has 0 radical (unpaired) electrons. The van der Waals surface area contributed by atoms with Gasteiger partial charge in [-0.05, 0) is 38.1 Å². The molecule has 0 fully saturated rings. The van der Waals surface area contributed by atoms with Crippen LogP contribution in [0.5, 0.6) is 0 Å². The molecule has 0 amide bonds. The van der Waals surface area contributed by atoms with Gasteiger partial charge in [0.2, 0.25) is 16.6 Å². The van der Waals surface area contributed by atoms with E-state index in [-0.39, 0.29) is 0 Å². The molecular formula is C18H18N9O+. The fraction of sp³-hybridized carbons (Fsp3) is 0.222. The van der Waals surface area contributed by atoms with Crippen LogP contribution in [0.15, 0.2) is 58.6 Å². The van der Waals surface area contributed by atoms with Crippen molar-refractivity contribution in [1.29, 1.82) is 5.53 Å². The first-order chi connectivity index (χ1) is 13.6. The molecule has 3 heterocycles. The van der Waals surface area contributed by atoms with Crippen molar-refractivity contribution in [2.75, 3.05) is 11.9 Å². The van der Waals surface area contributed by atoms with E-state index in [0.29, 0.717) is 24.1 Å². The molecule has 10 nitrogen and oxygen atoms in total. The number of anilines is 2. The van der Waals surface area contributed by atoms with Crippen LogP contribution in [0.1, 0.15) is 19.7 Å². The first kappa shape index (κ1) is 17.5. The second-order valence-electron chi connectivity index (χ2n) is 6.86. The van der Waals surface area contributed by atoms with Gasteiger partial charge in [0.05, 0.1) is 5.41 Å². The number of rotatable bonds is 6. The molecule has 0 bridgehead atoms. The SMILES string of the molecule is CC(C)(CN=[N+]=N)c1nc(-c2cccc(Nc3ncnn4cccc34)c2)no1. The quantitative estimate of drug-likeness (QED) is 0.392. The molecule has 0 aliphatic heterocycles. The normalized spacial score (nSPS) is 11.4. The van der Waals surface area contributed by atoms with E-state index in [1.54, 1.807) is 4.52 Å². The first-order valence-electron chi connectivity index (χ1n) is 8.60. The molecule has 1 aromatic carbocycles. The minimum absolute atomic E-state index is 0.292. The van der Waals surface area contributed by atoms with Crippen LogP contribution in [-0.4, -0.2) is 31.3 Å². The van der Waals surface area contributed by atoms with Gasteiger partial charge in [0, 0.05) is 17.4 Å². The Labute approximate surface area is 159 Å². The Morgan fingerprint density at radius 1 is 1.29 bits per heavy atom. The Morgan fingerprint density at radius 2 is 2.18 bits per heavy atom. The van der Waals surface area contributed by atoms with Gasteiger partial charge in [0.15, 0.2) is 5.82 Å². The second kappa shape index (κ2) is 7.01. The summed E-state index contributed by atoms with van der Waals surface area (Å²) in [6.45, 7) is 4.12. The molecule has 0 atom stereocenters. The summed E-state index contributed by atoms with van der Waals surface area (Å²) in [5.41, 5.74) is 8.83. The van der Waals surface area contributed by atoms with Crippen molar-refractivity contribution in [3.63, 3.8) is 0 Å². The lowest BCUT2D eigenvalue weighted by molar-refractivity contribution is 0.309. The summed E-state index contributed by atoms with van der Waals surface area (Å²) in [5, 5.41) is 15.3. The lowest BCUT2D eigenvalue weighted by Gasteiger charge is -2.12. The van der Waals surface area contributed by atoms with Crippen molar-refractivity contribution in [1.82, 2.24) is 29.7 Å². The van der Waals surface area contributed by atoms with E-state index in [2.05, 4.69) is 35.6 Å². The van der Waals surface area contributed by atoms with E-state index < -0.39 is 5.41 Å². The fourth-order valence-electron chi connectivity index (χ4n) is 2.73. The largest absolute Gasteiger partial charge is 0.338 e. The molecule has 0 spiro atoms. The molecular weight excluding hydrogens is 358 g/mol. The molecule has 4 aromatic rings. The van der Waals surface area contributed by atoms with Crippen LogP contribution in [0.4, 0.5) is 11.5 Å². The van der Waals surface area contributed by atoms with Gasteiger partial charge in [-0.2, -0.15) is 10.1 Å². The molecule has 0 aliphatic rings. The second-order valence-corrected chi connectivity index (χ2v) is 6.86. The topological polar surface area (TPSA) is 131 Å². The first-order valence-corrected chi connectivity index (χ1v) is 8.60. The summed E-state index contributed by atoms with van der Waals surface area (Å²) in [6.07, 6.45) is 3.36. The summed E-state index contributed by atoms with van der Waals surface area (Å²) in [5.74, 6) is 1.62. The monoisotopic (exact) mass is 376 g/mol. The van der Waals surface area contributed by atoms with Gasteiger partial charge in [-0.15, -0.1) is 0 Å². The lowest BCUT2D eigenvalue weighted by Crippen LogP contribution is -2.21. The Kier molecular flexibility index (Phi) is 4.38. The van der Waals surface area contributed by atoms with Crippen LogP contribution in [-0.2, 0) is 5.41 Å². The summed E-state index contributed by atoms with van der Waals surface area (Å²) in [7, 11) is 0. The maximum atomic E-state index is 6.81. The highest BCUT2D eigenvalue weighted by molar-refractivity contribution is 5.74. The highest BCUT2D eigenvalue weighted by atomic mass is 16.5. The maximum Gasteiger partial charge on any atom is 0.234 e. The maximum absolute atomic E-state index is 6.81. The van der Waals surface area contributed by atoms with Crippen LogP contribution in [0, 0.1) is 5.53 Å². The Hall–Kier alpha value is -3.91. The minimum atomic E-state index is -0.507. The number of hydrogen-bond acceptors (Lipinski definition) is 8. The van der Waals surface area contributed by atoms with Gasteiger partial charge in [0.25, 0.3) is 0 Å². The highest BCUT2D eigenvalue weighted by Crippen LogP contribution is 2.27. The number of hydrogen-bond donors (Lipinski definition) is 2. The summed E-state index contributed by atoms with van der Waals surface area (Å²) in [4.78, 5) is 11.9. The van der Waals surface area contributed by atoms with Crippen LogP contribution in [0.2, 0.25) is 0 Å². The predicted octanol–water partition coefficient (Wildman–Crippen LogP) is 3.35. The number of benzene rings is 1. The Morgan fingerprint density at radius 3 is 3.04 bits per heavy atom. The zero-order valence-electron chi connectivity index (χ0n) is 15.4. The zero-order chi connectivity index (χ0) is 19.6. The third-order valence-corrected chi connectivity index (χ3v) is 4.26. The molecule has 140 valence electrons. The third-order valence-electron chi connectivity index (χ3n) is 4.26. The summed E-state index contributed by atoms with van der Waals surface area (Å²) >= 11 is 0. The molecule has 3 aromatic heterocycles. The molecule has 0 unspecified atom stereocenters. The van der Waals surface area contributed by atoms with Crippen molar-refractivity contribution in [3.05, 3.63) is 54.8 Å². The van der Waals surface area contributed by atoms with Crippen LogP contribution in [0.3, 0.4) is 0 Å². The van der Waals surface area contributed by atoms with Gasteiger partial charge in [-0.3, -0.25) is 0 Å². The molecule has 2 N–H and O–H groups in total. The molecule has 0 aliphatic carbocycles. The number of fused-ring (bicyclic) bond motifs is 1. The van der Waals surface area contributed by atoms with E-state index >= 15 is 0 Å². The zero-order valence-corrected chi connectivity index (χ0v) is 15.4. The van der Waals surface area contributed by atoms with Crippen molar-refractivity contribution in [2.24, 2.45) is 5.11 Å². The van der Waals surface area contributed by atoms with E-state index in [1.807, 2.05) is 56.4 Å². The smallest absolute Gasteiger partial charge is 0.234 e. The summed E-state index contributed by atoms with van der Waals surface area (Å²) in [6, 6.07) is 11.5. The van der Waals surface area contributed by atoms with Crippen LogP contribution >= 0.6 is 0 Å². The van der Waals surface area contributed by atoms with E-state index in [0.717, 1.165) is 16.8 Å². The van der Waals surface area contributed by atoms with Crippen molar-refractivity contribution < 1.29 is 4.52 Å². The van der Waals surface area contributed by atoms with Crippen LogP contribution < -0.4 is 10.2 Å². The molecule has 4 rings (SSSR count). The lowest BCUT2D eigenvalue weighted by atomic mass is 9.94. The Balaban J connectivity index is 1.61. The van der Waals surface area contributed by atoms with Crippen molar-refractivity contribution in [3.8, 4) is 11.4 Å².